The fourth-order valence-corrected chi connectivity index (χ4v) is 5.92. The van der Waals surface area contributed by atoms with Gasteiger partial charge in [-0.25, -0.2) is 0 Å². The Kier molecular flexibility index (Phi) is 5.07. The highest BCUT2D eigenvalue weighted by atomic mass is 16.3. The average molecular weight is 278 g/mol. The van der Waals surface area contributed by atoms with Gasteiger partial charge in [0, 0.05) is 0 Å². The SMILES string of the molecule is CCCCCCCCC(O)C1C2CC3CC(C2)CC1C3. The van der Waals surface area contributed by atoms with Gasteiger partial charge in [-0.15, -0.1) is 0 Å². The maximum atomic E-state index is 10.7. The molecule has 0 amide bonds. The molecule has 1 heteroatoms. The first-order chi connectivity index (χ1) is 9.78. The van der Waals surface area contributed by atoms with Crippen LogP contribution in [-0.4, -0.2) is 11.2 Å². The van der Waals surface area contributed by atoms with Crippen LogP contribution in [0.2, 0.25) is 0 Å². The number of aliphatic hydroxyl groups is 1. The van der Waals surface area contributed by atoms with Crippen LogP contribution < -0.4 is 0 Å². The lowest BCUT2D eigenvalue weighted by molar-refractivity contribution is -0.0915. The van der Waals surface area contributed by atoms with E-state index >= 15 is 0 Å². The smallest absolute Gasteiger partial charge is 0.0573 e. The van der Waals surface area contributed by atoms with Crippen molar-refractivity contribution in [3.05, 3.63) is 0 Å². The maximum Gasteiger partial charge on any atom is 0.0573 e. The zero-order valence-corrected chi connectivity index (χ0v) is 13.4. The van der Waals surface area contributed by atoms with Gasteiger partial charge in [-0.2, -0.15) is 0 Å². The van der Waals surface area contributed by atoms with E-state index in [1.165, 1.54) is 70.6 Å². The van der Waals surface area contributed by atoms with Gasteiger partial charge >= 0.3 is 0 Å². The molecule has 4 aliphatic rings. The first-order valence-electron chi connectivity index (χ1n) is 9.46. The molecule has 1 unspecified atom stereocenters. The van der Waals surface area contributed by atoms with E-state index in [2.05, 4.69) is 6.92 Å². The van der Waals surface area contributed by atoms with E-state index in [1.807, 2.05) is 0 Å². The van der Waals surface area contributed by atoms with E-state index in [4.69, 9.17) is 0 Å². The Morgan fingerprint density at radius 2 is 1.35 bits per heavy atom. The Hall–Kier alpha value is -0.0400. The monoisotopic (exact) mass is 278 g/mol. The summed E-state index contributed by atoms with van der Waals surface area (Å²) in [6, 6.07) is 0. The van der Waals surface area contributed by atoms with Gasteiger partial charge in [0.2, 0.25) is 0 Å². The first-order valence-corrected chi connectivity index (χ1v) is 9.46. The Morgan fingerprint density at radius 3 is 1.95 bits per heavy atom. The van der Waals surface area contributed by atoms with Gasteiger partial charge in [0.25, 0.3) is 0 Å². The predicted molar refractivity (Wildman–Crippen MR) is 84.5 cm³/mol. The molecule has 0 aromatic heterocycles. The highest BCUT2D eigenvalue weighted by Gasteiger charge is 2.49. The summed E-state index contributed by atoms with van der Waals surface area (Å²) in [6.45, 7) is 2.27. The lowest BCUT2D eigenvalue weighted by atomic mass is 9.50. The molecule has 4 bridgehead atoms. The Labute approximate surface area is 125 Å². The van der Waals surface area contributed by atoms with Crippen molar-refractivity contribution in [1.29, 1.82) is 0 Å². The molecule has 0 radical (unpaired) electrons. The summed E-state index contributed by atoms with van der Waals surface area (Å²) in [5.74, 6) is 4.53. The van der Waals surface area contributed by atoms with E-state index in [0.29, 0.717) is 5.92 Å². The van der Waals surface area contributed by atoms with Crippen LogP contribution in [0.15, 0.2) is 0 Å². The summed E-state index contributed by atoms with van der Waals surface area (Å²) >= 11 is 0. The van der Waals surface area contributed by atoms with Gasteiger partial charge in [-0.05, 0) is 68.1 Å². The summed E-state index contributed by atoms with van der Waals surface area (Å²) in [5.41, 5.74) is 0. The van der Waals surface area contributed by atoms with Crippen LogP contribution in [0, 0.1) is 29.6 Å². The summed E-state index contributed by atoms with van der Waals surface area (Å²) < 4.78 is 0. The van der Waals surface area contributed by atoms with Crippen molar-refractivity contribution in [3.63, 3.8) is 0 Å². The first kappa shape index (κ1) is 14.9. The number of unbranched alkanes of at least 4 members (excludes halogenated alkanes) is 5. The van der Waals surface area contributed by atoms with Crippen LogP contribution >= 0.6 is 0 Å². The number of hydrogen-bond donors (Lipinski definition) is 1. The summed E-state index contributed by atoms with van der Waals surface area (Å²) in [5, 5.41) is 10.7. The molecule has 0 spiro atoms. The van der Waals surface area contributed by atoms with Crippen LogP contribution in [0.5, 0.6) is 0 Å². The molecule has 116 valence electrons. The summed E-state index contributed by atoms with van der Waals surface area (Å²) in [6.07, 6.45) is 16.5. The van der Waals surface area contributed by atoms with Crippen molar-refractivity contribution in [2.45, 2.75) is 90.1 Å². The molecule has 0 aromatic carbocycles. The van der Waals surface area contributed by atoms with E-state index in [1.54, 1.807) is 0 Å². The zero-order chi connectivity index (χ0) is 13.9. The topological polar surface area (TPSA) is 20.2 Å². The number of rotatable bonds is 8. The van der Waals surface area contributed by atoms with Crippen molar-refractivity contribution in [2.75, 3.05) is 0 Å². The minimum absolute atomic E-state index is 0.0242. The van der Waals surface area contributed by atoms with Gasteiger partial charge in [-0.3, -0.25) is 0 Å². The summed E-state index contributed by atoms with van der Waals surface area (Å²) in [4.78, 5) is 0. The Morgan fingerprint density at radius 1 is 0.800 bits per heavy atom. The number of hydrogen-bond acceptors (Lipinski definition) is 1. The molecule has 4 aliphatic carbocycles. The molecule has 0 saturated heterocycles. The van der Waals surface area contributed by atoms with Crippen LogP contribution in [0.3, 0.4) is 0 Å². The van der Waals surface area contributed by atoms with Crippen LogP contribution in [0.4, 0.5) is 0 Å². The highest BCUT2D eigenvalue weighted by molar-refractivity contribution is 5.00. The third-order valence-corrected chi connectivity index (χ3v) is 6.60. The molecule has 0 aliphatic heterocycles. The summed E-state index contributed by atoms with van der Waals surface area (Å²) in [7, 11) is 0. The van der Waals surface area contributed by atoms with Gasteiger partial charge in [0.15, 0.2) is 0 Å². The minimum atomic E-state index is 0.0242. The molecule has 20 heavy (non-hydrogen) atoms. The van der Waals surface area contributed by atoms with Crippen molar-refractivity contribution in [2.24, 2.45) is 29.6 Å². The molecule has 1 atom stereocenters. The minimum Gasteiger partial charge on any atom is -0.393 e. The molecule has 1 N–H and O–H groups in total. The van der Waals surface area contributed by atoms with Gasteiger partial charge in [-0.1, -0.05) is 45.4 Å². The quantitative estimate of drug-likeness (QED) is 0.607. The fourth-order valence-electron chi connectivity index (χ4n) is 5.92. The molecule has 0 heterocycles. The fraction of sp³-hybridized carbons (Fsp3) is 1.00. The van der Waals surface area contributed by atoms with Crippen molar-refractivity contribution in [3.8, 4) is 0 Å². The van der Waals surface area contributed by atoms with E-state index in [0.717, 1.165) is 30.1 Å². The lowest BCUT2D eigenvalue weighted by Gasteiger charge is -2.55. The Balaban J connectivity index is 1.40. The second-order valence-corrected chi connectivity index (χ2v) is 8.13. The highest BCUT2D eigenvalue weighted by Crippen LogP contribution is 2.57. The molecule has 1 nitrogen and oxygen atoms in total. The molecule has 0 aromatic rings. The molecular formula is C19H34O. The van der Waals surface area contributed by atoms with Crippen LogP contribution in [0.25, 0.3) is 0 Å². The van der Waals surface area contributed by atoms with Crippen molar-refractivity contribution >= 4 is 0 Å². The second kappa shape index (κ2) is 6.81. The molecule has 4 saturated carbocycles. The molecule has 4 rings (SSSR count). The average Bonchev–Trinajstić information content (AvgIpc) is 2.41. The van der Waals surface area contributed by atoms with Gasteiger partial charge in [0.1, 0.15) is 0 Å². The lowest BCUT2D eigenvalue weighted by Crippen LogP contribution is -2.49. The third-order valence-electron chi connectivity index (χ3n) is 6.60. The van der Waals surface area contributed by atoms with Crippen LogP contribution in [-0.2, 0) is 0 Å². The zero-order valence-electron chi connectivity index (χ0n) is 13.4. The van der Waals surface area contributed by atoms with E-state index in [-0.39, 0.29) is 6.10 Å². The Bertz CT molecular complexity index is 270. The van der Waals surface area contributed by atoms with Gasteiger partial charge < -0.3 is 5.11 Å². The normalized spacial score (nSPS) is 40.2. The van der Waals surface area contributed by atoms with Crippen molar-refractivity contribution in [1.82, 2.24) is 0 Å². The maximum absolute atomic E-state index is 10.7. The largest absolute Gasteiger partial charge is 0.393 e. The van der Waals surface area contributed by atoms with Crippen molar-refractivity contribution < 1.29 is 5.11 Å². The number of aliphatic hydroxyl groups excluding tert-OH is 1. The molecule has 4 fully saturated rings. The third kappa shape index (κ3) is 3.24. The molecular weight excluding hydrogens is 244 g/mol. The predicted octanol–water partition coefficient (Wildman–Crippen LogP) is 5.17. The standard InChI is InChI=1S/C19H34O/c1-2-3-4-5-6-7-8-18(20)19-16-10-14-9-15(12-16)13-17(19)11-14/h14-20H,2-13H2,1H3. The van der Waals surface area contributed by atoms with E-state index < -0.39 is 0 Å². The van der Waals surface area contributed by atoms with Gasteiger partial charge in [0.05, 0.1) is 6.10 Å². The van der Waals surface area contributed by atoms with E-state index in [9.17, 15) is 5.11 Å². The second-order valence-electron chi connectivity index (χ2n) is 8.13. The van der Waals surface area contributed by atoms with Crippen LogP contribution in [0.1, 0.15) is 84.0 Å².